The van der Waals surface area contributed by atoms with Crippen LogP contribution in [0.3, 0.4) is 0 Å². The van der Waals surface area contributed by atoms with Crippen molar-refractivity contribution in [2.45, 2.75) is 45.3 Å². The SMILES string of the molecule is CC(C)(C)OC(=O)N1CCC(Oc2ccc(NC(=O)CNc3cc(C#N)ccc3Cl)cc2)CC1. The Labute approximate surface area is 204 Å². The maximum atomic E-state index is 12.3. The molecule has 3 rings (SSSR count). The highest BCUT2D eigenvalue weighted by Gasteiger charge is 2.27. The minimum absolute atomic E-state index is 0.00305. The molecule has 8 nitrogen and oxygen atoms in total. The van der Waals surface area contributed by atoms with Gasteiger partial charge in [0.1, 0.15) is 17.5 Å². The van der Waals surface area contributed by atoms with E-state index in [1.165, 1.54) is 0 Å². The number of nitrogens with one attached hydrogen (secondary N) is 2. The van der Waals surface area contributed by atoms with Crippen LogP contribution >= 0.6 is 11.6 Å². The number of piperidine rings is 1. The van der Waals surface area contributed by atoms with Gasteiger partial charge in [0.25, 0.3) is 0 Å². The zero-order valence-corrected chi connectivity index (χ0v) is 20.3. The van der Waals surface area contributed by atoms with E-state index in [0.717, 1.165) is 12.8 Å². The number of halogens is 1. The molecule has 1 aliphatic rings. The summed E-state index contributed by atoms with van der Waals surface area (Å²) in [6.45, 7) is 6.74. The number of benzene rings is 2. The molecular weight excluding hydrogens is 456 g/mol. The Hall–Kier alpha value is -3.44. The first-order chi connectivity index (χ1) is 16.1. The molecule has 1 heterocycles. The monoisotopic (exact) mass is 484 g/mol. The smallest absolute Gasteiger partial charge is 0.410 e. The number of likely N-dealkylation sites (tertiary alicyclic amines) is 1. The molecule has 0 saturated carbocycles. The lowest BCUT2D eigenvalue weighted by Crippen LogP contribution is -2.44. The van der Waals surface area contributed by atoms with E-state index in [2.05, 4.69) is 10.6 Å². The van der Waals surface area contributed by atoms with Crippen LogP contribution in [0.25, 0.3) is 0 Å². The molecule has 2 amide bonds. The number of anilines is 2. The van der Waals surface area contributed by atoms with Crippen molar-refractivity contribution < 1.29 is 19.1 Å². The number of carbonyl (C=O) groups excluding carboxylic acids is 2. The van der Waals surface area contributed by atoms with Gasteiger partial charge < -0.3 is 25.0 Å². The standard InChI is InChI=1S/C25H29ClN4O4/c1-25(2,3)34-24(32)30-12-10-20(11-13-30)33-19-7-5-18(6-8-19)29-23(31)16-28-22-14-17(15-27)4-9-21(22)26/h4-9,14,20,28H,10-13,16H2,1-3H3,(H,29,31). The summed E-state index contributed by atoms with van der Waals surface area (Å²) in [7, 11) is 0. The fraction of sp³-hybridized carbons (Fsp3) is 0.400. The summed E-state index contributed by atoms with van der Waals surface area (Å²) in [5.74, 6) is 0.452. The van der Waals surface area contributed by atoms with Gasteiger partial charge in [0.05, 0.1) is 28.9 Å². The Morgan fingerprint density at radius 3 is 2.44 bits per heavy atom. The van der Waals surface area contributed by atoms with Gasteiger partial charge in [-0.2, -0.15) is 5.26 Å². The molecule has 2 N–H and O–H groups in total. The van der Waals surface area contributed by atoms with Crippen LogP contribution in [0.2, 0.25) is 5.02 Å². The summed E-state index contributed by atoms with van der Waals surface area (Å²) in [6.07, 6.45) is 1.16. The van der Waals surface area contributed by atoms with Crippen LogP contribution in [0.4, 0.5) is 16.2 Å². The van der Waals surface area contributed by atoms with E-state index in [0.29, 0.717) is 40.8 Å². The molecule has 2 aromatic rings. The van der Waals surface area contributed by atoms with E-state index in [-0.39, 0.29) is 24.6 Å². The van der Waals surface area contributed by atoms with Gasteiger partial charge in [0.15, 0.2) is 0 Å². The van der Waals surface area contributed by atoms with Gasteiger partial charge in [-0.05, 0) is 63.2 Å². The zero-order chi connectivity index (χ0) is 24.7. The third-order valence-electron chi connectivity index (χ3n) is 5.07. The predicted molar refractivity (Wildman–Crippen MR) is 131 cm³/mol. The molecule has 1 aliphatic heterocycles. The number of nitriles is 1. The molecule has 0 spiro atoms. The molecule has 180 valence electrons. The Balaban J connectivity index is 1.43. The molecule has 0 unspecified atom stereocenters. The first kappa shape index (κ1) is 25.2. The van der Waals surface area contributed by atoms with Crippen molar-refractivity contribution in [1.82, 2.24) is 4.90 Å². The highest BCUT2D eigenvalue weighted by atomic mass is 35.5. The van der Waals surface area contributed by atoms with Gasteiger partial charge in [-0.3, -0.25) is 4.79 Å². The summed E-state index contributed by atoms with van der Waals surface area (Å²) in [5.41, 5.74) is 1.11. The second-order valence-corrected chi connectivity index (χ2v) is 9.42. The van der Waals surface area contributed by atoms with Crippen LogP contribution in [0.15, 0.2) is 42.5 Å². The number of amides is 2. The van der Waals surface area contributed by atoms with E-state index in [4.69, 9.17) is 26.3 Å². The van der Waals surface area contributed by atoms with Crippen LogP contribution in [0.1, 0.15) is 39.2 Å². The van der Waals surface area contributed by atoms with Gasteiger partial charge >= 0.3 is 6.09 Å². The summed E-state index contributed by atoms with van der Waals surface area (Å²) in [6, 6.07) is 14.0. The Bertz CT molecular complexity index is 1050. The lowest BCUT2D eigenvalue weighted by molar-refractivity contribution is -0.114. The molecular formula is C25H29ClN4O4. The summed E-state index contributed by atoms with van der Waals surface area (Å²) in [5, 5.41) is 15.2. The maximum absolute atomic E-state index is 12.3. The van der Waals surface area contributed by atoms with Crippen molar-refractivity contribution in [1.29, 1.82) is 5.26 Å². The van der Waals surface area contributed by atoms with Crippen molar-refractivity contribution >= 4 is 35.0 Å². The molecule has 1 saturated heterocycles. The van der Waals surface area contributed by atoms with Gasteiger partial charge in [0.2, 0.25) is 5.91 Å². The number of hydrogen-bond donors (Lipinski definition) is 2. The molecule has 1 fully saturated rings. The summed E-state index contributed by atoms with van der Waals surface area (Å²) < 4.78 is 11.5. The van der Waals surface area contributed by atoms with E-state index in [9.17, 15) is 9.59 Å². The fourth-order valence-corrected chi connectivity index (χ4v) is 3.59. The van der Waals surface area contributed by atoms with Crippen molar-refractivity contribution in [3.05, 3.63) is 53.1 Å². The molecule has 0 aromatic heterocycles. The number of hydrogen-bond acceptors (Lipinski definition) is 6. The van der Waals surface area contributed by atoms with E-state index >= 15 is 0 Å². The Morgan fingerprint density at radius 1 is 1.15 bits per heavy atom. The third kappa shape index (κ3) is 7.56. The average Bonchev–Trinajstić information content (AvgIpc) is 2.79. The minimum Gasteiger partial charge on any atom is -0.490 e. The van der Waals surface area contributed by atoms with Gasteiger partial charge in [-0.25, -0.2) is 4.79 Å². The molecule has 0 atom stereocenters. The summed E-state index contributed by atoms with van der Waals surface area (Å²) >= 11 is 6.10. The van der Waals surface area contributed by atoms with Crippen LogP contribution in [-0.2, 0) is 9.53 Å². The van der Waals surface area contributed by atoms with E-state index in [1.807, 2.05) is 26.8 Å². The van der Waals surface area contributed by atoms with Crippen LogP contribution in [0, 0.1) is 11.3 Å². The van der Waals surface area contributed by atoms with E-state index < -0.39 is 5.60 Å². The average molecular weight is 485 g/mol. The Kier molecular flexibility index (Phi) is 8.24. The second-order valence-electron chi connectivity index (χ2n) is 9.02. The highest BCUT2D eigenvalue weighted by molar-refractivity contribution is 6.33. The first-order valence-corrected chi connectivity index (χ1v) is 11.5. The zero-order valence-electron chi connectivity index (χ0n) is 19.6. The van der Waals surface area contributed by atoms with Crippen LogP contribution in [0.5, 0.6) is 5.75 Å². The van der Waals surface area contributed by atoms with E-state index in [1.54, 1.807) is 47.4 Å². The topological polar surface area (TPSA) is 104 Å². The summed E-state index contributed by atoms with van der Waals surface area (Å²) in [4.78, 5) is 26.2. The van der Waals surface area contributed by atoms with Gasteiger partial charge in [0, 0.05) is 31.6 Å². The van der Waals surface area contributed by atoms with Crippen molar-refractivity contribution in [2.24, 2.45) is 0 Å². The molecule has 0 aliphatic carbocycles. The van der Waals surface area contributed by atoms with Gasteiger partial charge in [-0.15, -0.1) is 0 Å². The van der Waals surface area contributed by atoms with Crippen molar-refractivity contribution in [3.8, 4) is 11.8 Å². The second kappa shape index (κ2) is 11.1. The third-order valence-corrected chi connectivity index (χ3v) is 5.40. The number of nitrogens with zero attached hydrogens (tertiary/aromatic N) is 2. The Morgan fingerprint density at radius 2 is 1.82 bits per heavy atom. The molecule has 34 heavy (non-hydrogen) atoms. The van der Waals surface area contributed by atoms with Gasteiger partial charge in [-0.1, -0.05) is 11.6 Å². The molecule has 9 heteroatoms. The van der Waals surface area contributed by atoms with Crippen molar-refractivity contribution in [3.63, 3.8) is 0 Å². The highest BCUT2D eigenvalue weighted by Crippen LogP contribution is 2.24. The lowest BCUT2D eigenvalue weighted by Gasteiger charge is -2.33. The normalized spacial score (nSPS) is 14.1. The number of rotatable bonds is 6. The molecule has 0 bridgehead atoms. The largest absolute Gasteiger partial charge is 0.490 e. The fourth-order valence-electron chi connectivity index (χ4n) is 3.40. The van der Waals surface area contributed by atoms with Crippen LogP contribution in [-0.4, -0.2) is 48.2 Å². The number of ether oxygens (including phenoxy) is 2. The maximum Gasteiger partial charge on any atom is 0.410 e. The quantitative estimate of drug-likeness (QED) is 0.595. The van der Waals surface area contributed by atoms with Crippen molar-refractivity contribution in [2.75, 3.05) is 30.3 Å². The lowest BCUT2D eigenvalue weighted by atomic mass is 10.1. The minimum atomic E-state index is -0.507. The molecule has 0 radical (unpaired) electrons. The predicted octanol–water partition coefficient (Wildman–Crippen LogP) is 5.04. The van der Waals surface area contributed by atoms with Crippen LogP contribution < -0.4 is 15.4 Å². The molecule has 2 aromatic carbocycles. The number of carbonyl (C=O) groups is 2. The first-order valence-electron chi connectivity index (χ1n) is 11.1.